The fourth-order valence-electron chi connectivity index (χ4n) is 3.35. The Kier molecular flexibility index (Phi) is 3.82. The number of carbonyl (C=O) groups is 2. The molecule has 1 atom stereocenters. The number of furan rings is 1. The fourth-order valence-corrected chi connectivity index (χ4v) is 3.35. The van der Waals surface area contributed by atoms with Crippen LogP contribution in [0.3, 0.4) is 0 Å². The van der Waals surface area contributed by atoms with Crippen molar-refractivity contribution in [3.8, 4) is 0 Å². The molecule has 4 rings (SSSR count). The molecule has 1 saturated heterocycles. The second-order valence-electron chi connectivity index (χ2n) is 6.22. The van der Waals surface area contributed by atoms with Crippen molar-refractivity contribution >= 4 is 17.5 Å². The summed E-state index contributed by atoms with van der Waals surface area (Å²) in [5.74, 6) is 0.117. The van der Waals surface area contributed by atoms with Crippen LogP contribution in [0.1, 0.15) is 28.1 Å². The second-order valence-corrected chi connectivity index (χ2v) is 6.22. The van der Waals surface area contributed by atoms with E-state index in [2.05, 4.69) is 10.6 Å². The number of hydrogen-bond acceptors (Lipinski definition) is 4. The summed E-state index contributed by atoms with van der Waals surface area (Å²) in [6.07, 6.45) is 2.83. The molecular weight excluding hydrogens is 306 g/mol. The van der Waals surface area contributed by atoms with E-state index < -0.39 is 0 Å². The third-order valence-corrected chi connectivity index (χ3v) is 4.60. The Labute approximate surface area is 139 Å². The van der Waals surface area contributed by atoms with Crippen LogP contribution in [0.4, 0.5) is 5.69 Å². The largest absolute Gasteiger partial charge is 0.459 e. The Bertz CT molecular complexity index is 777. The van der Waals surface area contributed by atoms with Crippen molar-refractivity contribution in [3.05, 3.63) is 53.5 Å². The van der Waals surface area contributed by atoms with Gasteiger partial charge in [0.05, 0.1) is 19.2 Å². The second kappa shape index (κ2) is 6.13. The molecule has 2 N–H and O–H groups in total. The van der Waals surface area contributed by atoms with E-state index in [1.54, 1.807) is 11.0 Å². The predicted molar refractivity (Wildman–Crippen MR) is 88.8 cm³/mol. The lowest BCUT2D eigenvalue weighted by atomic mass is 10.1. The first-order chi connectivity index (χ1) is 11.7. The summed E-state index contributed by atoms with van der Waals surface area (Å²) >= 11 is 0. The van der Waals surface area contributed by atoms with Crippen LogP contribution in [-0.2, 0) is 17.8 Å². The van der Waals surface area contributed by atoms with Gasteiger partial charge in [-0.05, 0) is 30.7 Å². The smallest absolute Gasteiger partial charge is 0.287 e. The third kappa shape index (κ3) is 2.69. The molecular formula is C18H19N3O3. The van der Waals surface area contributed by atoms with Crippen molar-refractivity contribution in [2.24, 2.45) is 0 Å². The number of fused-ring (bicyclic) bond motifs is 1. The highest BCUT2D eigenvalue weighted by atomic mass is 16.3. The summed E-state index contributed by atoms with van der Waals surface area (Å²) in [6.45, 7) is 2.03. The first-order valence-electron chi connectivity index (χ1n) is 8.18. The number of nitrogens with zero attached hydrogens (tertiary/aromatic N) is 1. The number of benzene rings is 1. The van der Waals surface area contributed by atoms with Crippen LogP contribution in [0.2, 0.25) is 0 Å². The van der Waals surface area contributed by atoms with Crippen LogP contribution in [0.5, 0.6) is 0 Å². The zero-order valence-electron chi connectivity index (χ0n) is 13.2. The molecule has 3 heterocycles. The average Bonchev–Trinajstić information content (AvgIpc) is 3.29. The minimum atomic E-state index is -0.219. The molecule has 0 saturated carbocycles. The molecule has 6 heteroatoms. The number of anilines is 1. The highest BCUT2D eigenvalue weighted by molar-refractivity contribution is 6.01. The Hall–Kier alpha value is -2.60. The van der Waals surface area contributed by atoms with Crippen molar-refractivity contribution in [2.45, 2.75) is 25.4 Å². The number of hydrogen-bond donors (Lipinski definition) is 2. The lowest BCUT2D eigenvalue weighted by Gasteiger charge is -2.17. The van der Waals surface area contributed by atoms with E-state index in [4.69, 9.17) is 4.42 Å². The quantitative estimate of drug-likeness (QED) is 0.892. The molecule has 1 fully saturated rings. The number of nitrogens with one attached hydrogen (secondary N) is 2. The third-order valence-electron chi connectivity index (χ3n) is 4.60. The van der Waals surface area contributed by atoms with Crippen LogP contribution in [0.25, 0.3) is 0 Å². The van der Waals surface area contributed by atoms with Crippen molar-refractivity contribution in [2.75, 3.05) is 18.0 Å². The predicted octanol–water partition coefficient (Wildman–Crippen LogP) is 1.46. The highest BCUT2D eigenvalue weighted by Crippen LogP contribution is 2.30. The molecule has 2 aromatic rings. The van der Waals surface area contributed by atoms with Crippen LogP contribution in [0.15, 0.2) is 41.0 Å². The number of rotatable bonds is 4. The zero-order valence-corrected chi connectivity index (χ0v) is 13.2. The number of amides is 2. The fraction of sp³-hybridized carbons (Fsp3) is 0.333. The molecule has 2 aliphatic heterocycles. The topological polar surface area (TPSA) is 74.6 Å². The summed E-state index contributed by atoms with van der Waals surface area (Å²) in [7, 11) is 0. The number of carbonyl (C=O) groups excluding carboxylic acids is 2. The maximum Gasteiger partial charge on any atom is 0.287 e. The lowest BCUT2D eigenvalue weighted by molar-refractivity contribution is -0.117. The molecule has 1 unspecified atom stereocenters. The highest BCUT2D eigenvalue weighted by Gasteiger charge is 2.29. The molecule has 2 amide bonds. The molecule has 0 spiro atoms. The minimum absolute atomic E-state index is 0.0451. The van der Waals surface area contributed by atoms with Gasteiger partial charge >= 0.3 is 0 Å². The van der Waals surface area contributed by atoms with E-state index in [0.29, 0.717) is 18.7 Å². The molecule has 0 bridgehead atoms. The van der Waals surface area contributed by atoms with Gasteiger partial charge in [0, 0.05) is 23.8 Å². The van der Waals surface area contributed by atoms with Gasteiger partial charge in [0.25, 0.3) is 5.91 Å². The minimum Gasteiger partial charge on any atom is -0.459 e. The molecule has 24 heavy (non-hydrogen) atoms. The van der Waals surface area contributed by atoms with Crippen LogP contribution >= 0.6 is 0 Å². The van der Waals surface area contributed by atoms with E-state index in [1.165, 1.54) is 6.26 Å². The Morgan fingerprint density at radius 2 is 2.21 bits per heavy atom. The van der Waals surface area contributed by atoms with Crippen molar-refractivity contribution in [3.63, 3.8) is 0 Å². The van der Waals surface area contributed by atoms with Crippen molar-refractivity contribution in [1.82, 2.24) is 10.6 Å². The first kappa shape index (κ1) is 15.0. The summed E-state index contributed by atoms with van der Waals surface area (Å²) in [5.41, 5.74) is 2.66. The van der Waals surface area contributed by atoms with E-state index in [1.807, 2.05) is 24.3 Å². The summed E-state index contributed by atoms with van der Waals surface area (Å²) in [5, 5.41) is 6.19. The number of para-hydroxylation sites is 1. The van der Waals surface area contributed by atoms with Crippen LogP contribution in [0, 0.1) is 0 Å². The molecule has 0 aliphatic carbocycles. The van der Waals surface area contributed by atoms with Gasteiger partial charge in [0.1, 0.15) is 0 Å². The Morgan fingerprint density at radius 3 is 3.04 bits per heavy atom. The lowest BCUT2D eigenvalue weighted by Crippen LogP contribution is -2.36. The van der Waals surface area contributed by atoms with E-state index in [-0.39, 0.29) is 17.9 Å². The van der Waals surface area contributed by atoms with Gasteiger partial charge in [-0.2, -0.15) is 0 Å². The maximum absolute atomic E-state index is 12.4. The van der Waals surface area contributed by atoms with Gasteiger partial charge in [-0.25, -0.2) is 0 Å². The molecule has 0 radical (unpaired) electrons. The standard InChI is InChI=1S/C18H19N3O3/c22-16-9-12-3-1-2-4-15(12)21(16)11-13-6-8-24-17(13)18(23)20-14-5-7-19-10-14/h1-4,6,8,14,19H,5,7,9-11H2,(H,20,23). The summed E-state index contributed by atoms with van der Waals surface area (Å²) in [4.78, 5) is 26.5. The Morgan fingerprint density at radius 1 is 1.33 bits per heavy atom. The van der Waals surface area contributed by atoms with E-state index >= 15 is 0 Å². The van der Waals surface area contributed by atoms with Crippen LogP contribution < -0.4 is 15.5 Å². The van der Waals surface area contributed by atoms with Crippen molar-refractivity contribution < 1.29 is 14.0 Å². The SMILES string of the molecule is O=C(NC1CCNC1)c1occc1CN1C(=O)Cc2ccccc21. The van der Waals surface area contributed by atoms with Gasteiger partial charge in [0.2, 0.25) is 5.91 Å². The monoisotopic (exact) mass is 325 g/mol. The first-order valence-corrected chi connectivity index (χ1v) is 8.18. The van der Waals surface area contributed by atoms with Crippen molar-refractivity contribution in [1.29, 1.82) is 0 Å². The zero-order chi connectivity index (χ0) is 16.5. The van der Waals surface area contributed by atoms with E-state index in [9.17, 15) is 9.59 Å². The normalized spacial score (nSPS) is 19.6. The van der Waals surface area contributed by atoms with Gasteiger partial charge in [-0.15, -0.1) is 0 Å². The average molecular weight is 325 g/mol. The van der Waals surface area contributed by atoms with Gasteiger partial charge in [-0.3, -0.25) is 9.59 Å². The van der Waals surface area contributed by atoms with Crippen LogP contribution in [-0.4, -0.2) is 30.9 Å². The molecule has 1 aromatic heterocycles. The van der Waals surface area contributed by atoms with Gasteiger partial charge in [0.15, 0.2) is 5.76 Å². The summed E-state index contributed by atoms with van der Waals surface area (Å²) < 4.78 is 5.40. The molecule has 1 aromatic carbocycles. The van der Waals surface area contributed by atoms with Gasteiger partial charge in [-0.1, -0.05) is 18.2 Å². The van der Waals surface area contributed by atoms with E-state index in [0.717, 1.165) is 36.3 Å². The Balaban J connectivity index is 1.53. The maximum atomic E-state index is 12.4. The molecule has 124 valence electrons. The molecule has 6 nitrogen and oxygen atoms in total. The molecule has 2 aliphatic rings. The van der Waals surface area contributed by atoms with Gasteiger partial charge < -0.3 is 20.0 Å². The summed E-state index contributed by atoms with van der Waals surface area (Å²) in [6, 6.07) is 9.64.